The number of hydrogen-bond donors (Lipinski definition) is 0. The van der Waals surface area contributed by atoms with E-state index in [4.69, 9.17) is 0 Å². The Morgan fingerprint density at radius 1 is 0.667 bits per heavy atom. The van der Waals surface area contributed by atoms with Crippen LogP contribution in [0.15, 0.2) is 0 Å². The van der Waals surface area contributed by atoms with Gasteiger partial charge in [-0.25, -0.2) is 0 Å². The van der Waals surface area contributed by atoms with Crippen molar-refractivity contribution in [2.75, 3.05) is 0 Å². The quantitative estimate of drug-likeness (QED) is 0.571. The van der Waals surface area contributed by atoms with Crippen molar-refractivity contribution in [1.82, 2.24) is 0 Å². The van der Waals surface area contributed by atoms with Crippen molar-refractivity contribution < 1.29 is 22.0 Å². The fourth-order valence-corrected chi connectivity index (χ4v) is 0.701. The fraction of sp³-hybridized carbons (Fsp3) is 0.600. The first-order chi connectivity index (χ1) is 6.25. The molecular formula is C10H18O4Sr. The molecule has 0 aromatic heterocycles. The SMILES string of the molecule is CC(=O)CC(C)=O.CC(=O)CC(C)=O.[H-].[H-].[Sr+2]. The van der Waals surface area contributed by atoms with Gasteiger partial charge >= 0.3 is 45.5 Å². The Morgan fingerprint density at radius 2 is 0.800 bits per heavy atom. The predicted octanol–water partition coefficient (Wildman–Crippen LogP) is 0.953. The molecule has 0 radical (unpaired) electrons. The molecule has 0 N–H and O–H groups in total. The van der Waals surface area contributed by atoms with Crippen LogP contribution in [-0.4, -0.2) is 68.6 Å². The predicted molar refractivity (Wildman–Crippen MR) is 59.9 cm³/mol. The van der Waals surface area contributed by atoms with E-state index in [0.29, 0.717) is 0 Å². The molecule has 84 valence electrons. The smallest absolute Gasteiger partial charge is 1.00 e. The summed E-state index contributed by atoms with van der Waals surface area (Å²) in [5.41, 5.74) is 0. The Labute approximate surface area is 130 Å². The summed E-state index contributed by atoms with van der Waals surface area (Å²) in [5, 5.41) is 0. The Bertz CT molecular complexity index is 205. The van der Waals surface area contributed by atoms with Gasteiger partial charge in [-0.3, -0.25) is 19.2 Å². The molecule has 5 heteroatoms. The largest absolute Gasteiger partial charge is 2.00 e. The fourth-order valence-electron chi connectivity index (χ4n) is 0.701. The molecule has 0 aliphatic rings. The van der Waals surface area contributed by atoms with Crippen molar-refractivity contribution >= 4 is 68.6 Å². The molecule has 0 saturated heterocycles. The molecule has 0 aromatic carbocycles. The molecule has 0 aliphatic carbocycles. The van der Waals surface area contributed by atoms with Gasteiger partial charge in [-0.2, -0.15) is 0 Å². The topological polar surface area (TPSA) is 68.3 Å². The van der Waals surface area contributed by atoms with Crippen molar-refractivity contribution in [2.24, 2.45) is 0 Å². The van der Waals surface area contributed by atoms with Crippen LogP contribution in [0.2, 0.25) is 0 Å². The molecule has 0 aliphatic heterocycles. The minimum atomic E-state index is -0.0625. The molecule has 0 saturated carbocycles. The van der Waals surface area contributed by atoms with E-state index in [1.165, 1.54) is 27.7 Å². The van der Waals surface area contributed by atoms with E-state index in [-0.39, 0.29) is 84.3 Å². The number of ketones is 4. The van der Waals surface area contributed by atoms with E-state index in [1.807, 2.05) is 0 Å². The zero-order valence-electron chi connectivity index (χ0n) is 11.8. The van der Waals surface area contributed by atoms with Crippen molar-refractivity contribution in [3.05, 3.63) is 0 Å². The summed E-state index contributed by atoms with van der Waals surface area (Å²) in [6.07, 6.45) is 0.167. The van der Waals surface area contributed by atoms with Crippen LogP contribution >= 0.6 is 0 Å². The molecule has 0 heterocycles. The van der Waals surface area contributed by atoms with Crippen LogP contribution in [0.4, 0.5) is 0 Å². The summed E-state index contributed by atoms with van der Waals surface area (Å²) in [4.78, 5) is 40.1. The average molecular weight is 290 g/mol. The molecule has 0 fully saturated rings. The van der Waals surface area contributed by atoms with Crippen LogP contribution in [-0.2, 0) is 19.2 Å². The maximum atomic E-state index is 10.0. The third-order valence-corrected chi connectivity index (χ3v) is 0.996. The normalized spacial score (nSPS) is 7.73. The van der Waals surface area contributed by atoms with Crippen molar-refractivity contribution in [3.63, 3.8) is 0 Å². The number of carbonyl (C=O) groups excluding carboxylic acids is 4. The summed E-state index contributed by atoms with van der Waals surface area (Å²) in [6.45, 7) is 5.62. The van der Waals surface area contributed by atoms with E-state index in [1.54, 1.807) is 0 Å². The molecule has 0 spiro atoms. The second-order valence-corrected chi connectivity index (χ2v) is 3.16. The molecule has 0 atom stereocenters. The Balaban J connectivity index is -0.0000000480. The van der Waals surface area contributed by atoms with Crippen molar-refractivity contribution in [3.8, 4) is 0 Å². The van der Waals surface area contributed by atoms with Crippen molar-refractivity contribution in [1.29, 1.82) is 0 Å². The van der Waals surface area contributed by atoms with E-state index >= 15 is 0 Å². The standard InChI is InChI=1S/2C5H8O2.Sr.2H/c2*1-4(6)3-5(2)7;;;/h2*3H2,1-2H3;;;/q;;+2;2*-1. The number of Topliss-reactive ketones (excluding diaryl/α,β-unsaturated/α-hetero) is 4. The van der Waals surface area contributed by atoms with Crippen LogP contribution in [0.1, 0.15) is 43.4 Å². The van der Waals surface area contributed by atoms with Gasteiger partial charge in [0.05, 0.1) is 12.8 Å². The van der Waals surface area contributed by atoms with Crippen LogP contribution in [0.25, 0.3) is 0 Å². The van der Waals surface area contributed by atoms with Crippen LogP contribution in [0, 0.1) is 0 Å². The zero-order valence-corrected chi connectivity index (χ0v) is 13.2. The Kier molecular flexibility index (Phi) is 16.8. The molecule has 0 aromatic rings. The van der Waals surface area contributed by atoms with E-state index < -0.39 is 0 Å². The van der Waals surface area contributed by atoms with Gasteiger partial charge in [0.1, 0.15) is 23.1 Å². The summed E-state index contributed by atoms with van der Waals surface area (Å²) < 4.78 is 0. The second kappa shape index (κ2) is 12.2. The third-order valence-electron chi connectivity index (χ3n) is 0.996. The van der Waals surface area contributed by atoms with Gasteiger partial charge in [0.25, 0.3) is 0 Å². The first kappa shape index (κ1) is 20.6. The molecule has 15 heavy (non-hydrogen) atoms. The van der Waals surface area contributed by atoms with Crippen LogP contribution < -0.4 is 0 Å². The van der Waals surface area contributed by atoms with E-state index in [0.717, 1.165) is 0 Å². The maximum absolute atomic E-state index is 10.0. The average Bonchev–Trinajstić information content (AvgIpc) is 1.79. The van der Waals surface area contributed by atoms with Gasteiger partial charge < -0.3 is 2.85 Å². The molecule has 0 bridgehead atoms. The first-order valence-electron chi connectivity index (χ1n) is 4.23. The van der Waals surface area contributed by atoms with E-state index in [9.17, 15) is 19.2 Å². The van der Waals surface area contributed by atoms with Gasteiger partial charge in [0.2, 0.25) is 0 Å². The number of hydrogen-bond acceptors (Lipinski definition) is 4. The van der Waals surface area contributed by atoms with Gasteiger partial charge in [-0.1, -0.05) is 0 Å². The molecule has 0 amide bonds. The summed E-state index contributed by atoms with van der Waals surface area (Å²) in [6, 6.07) is 0. The maximum Gasteiger partial charge on any atom is 2.00 e. The van der Waals surface area contributed by atoms with E-state index in [2.05, 4.69) is 0 Å². The number of carbonyl (C=O) groups is 4. The summed E-state index contributed by atoms with van der Waals surface area (Å²) >= 11 is 0. The molecule has 4 nitrogen and oxygen atoms in total. The molecule has 0 unspecified atom stereocenters. The van der Waals surface area contributed by atoms with Gasteiger partial charge in [0.15, 0.2) is 0 Å². The van der Waals surface area contributed by atoms with Crippen molar-refractivity contribution in [2.45, 2.75) is 40.5 Å². The minimum absolute atomic E-state index is 0. The Morgan fingerprint density at radius 3 is 0.800 bits per heavy atom. The van der Waals surface area contributed by atoms with Crippen LogP contribution in [0.5, 0.6) is 0 Å². The number of rotatable bonds is 4. The zero-order chi connectivity index (χ0) is 11.7. The van der Waals surface area contributed by atoms with Gasteiger partial charge in [-0.15, -0.1) is 0 Å². The molecular weight excluding hydrogens is 272 g/mol. The third kappa shape index (κ3) is 31.4. The first-order valence-corrected chi connectivity index (χ1v) is 4.23. The van der Waals surface area contributed by atoms with Crippen LogP contribution in [0.3, 0.4) is 0 Å². The Hall–Kier alpha value is 0.161. The monoisotopic (exact) mass is 290 g/mol. The summed E-state index contributed by atoms with van der Waals surface area (Å²) in [7, 11) is 0. The van der Waals surface area contributed by atoms with Gasteiger partial charge in [0, 0.05) is 0 Å². The van der Waals surface area contributed by atoms with Gasteiger partial charge in [-0.05, 0) is 27.7 Å². The summed E-state index contributed by atoms with van der Waals surface area (Å²) in [5.74, 6) is -0.250. The minimum Gasteiger partial charge on any atom is -1.00 e. The second-order valence-electron chi connectivity index (χ2n) is 3.16. The molecule has 0 rings (SSSR count).